The van der Waals surface area contributed by atoms with E-state index in [2.05, 4.69) is 63.3 Å². The minimum atomic E-state index is -0.806. The van der Waals surface area contributed by atoms with Gasteiger partial charge in [0, 0.05) is 19.3 Å². The van der Waals surface area contributed by atoms with Gasteiger partial charge in [-0.05, 0) is 44.9 Å². The number of rotatable bonds is 52. The number of hydrogen-bond acceptors (Lipinski definition) is 6. The van der Waals surface area contributed by atoms with Crippen molar-refractivity contribution in [3.05, 3.63) is 48.6 Å². The predicted octanol–water partition coefficient (Wildman–Crippen LogP) is 19.0. The molecule has 0 fully saturated rings. The molecule has 0 aromatic rings. The molecule has 0 N–H and O–H groups in total. The largest absolute Gasteiger partial charge is 0.462 e. The van der Waals surface area contributed by atoms with Gasteiger partial charge in [0.1, 0.15) is 13.2 Å². The molecule has 6 heteroatoms. The van der Waals surface area contributed by atoms with E-state index in [9.17, 15) is 14.4 Å². The third-order valence-electron chi connectivity index (χ3n) is 12.6. The highest BCUT2D eigenvalue weighted by Gasteiger charge is 2.19. The van der Waals surface area contributed by atoms with Crippen LogP contribution in [-0.4, -0.2) is 37.2 Å². The lowest BCUT2D eigenvalue weighted by Crippen LogP contribution is -2.30. The maximum Gasteiger partial charge on any atom is 0.306 e. The molecule has 0 spiro atoms. The first-order chi connectivity index (χ1) is 32.5. The molecule has 1 unspecified atom stereocenters. The Hall–Kier alpha value is -2.63. The van der Waals surface area contributed by atoms with Crippen molar-refractivity contribution < 1.29 is 28.6 Å². The number of hydrogen-bond donors (Lipinski definition) is 0. The van der Waals surface area contributed by atoms with Gasteiger partial charge in [-0.2, -0.15) is 0 Å². The molecule has 0 saturated heterocycles. The molecule has 1 atom stereocenters. The van der Waals surface area contributed by atoms with Crippen LogP contribution in [-0.2, 0) is 28.6 Å². The second kappa shape index (κ2) is 55.0. The summed E-state index contributed by atoms with van der Waals surface area (Å²) in [4.78, 5) is 37.9. The van der Waals surface area contributed by atoms with Gasteiger partial charge in [0.2, 0.25) is 0 Å². The molecule has 0 amide bonds. The number of carbonyl (C=O) groups is 3. The molecule has 0 rings (SSSR count). The Morgan fingerprint density at radius 2 is 0.591 bits per heavy atom. The van der Waals surface area contributed by atoms with Crippen LogP contribution in [0.5, 0.6) is 0 Å². The van der Waals surface area contributed by atoms with Crippen LogP contribution >= 0.6 is 0 Å². The van der Waals surface area contributed by atoms with Crippen LogP contribution in [0.25, 0.3) is 0 Å². The van der Waals surface area contributed by atoms with E-state index in [0.717, 1.165) is 64.2 Å². The lowest BCUT2D eigenvalue weighted by Gasteiger charge is -2.18. The Morgan fingerprint density at radius 1 is 0.318 bits per heavy atom. The Labute approximate surface area is 409 Å². The molecule has 0 aromatic heterocycles. The zero-order chi connectivity index (χ0) is 47.9. The normalized spacial score (nSPS) is 12.3. The minimum absolute atomic E-state index is 0.0977. The Morgan fingerprint density at radius 3 is 0.894 bits per heavy atom. The van der Waals surface area contributed by atoms with Gasteiger partial charge < -0.3 is 14.2 Å². The minimum Gasteiger partial charge on any atom is -0.462 e. The molecule has 6 nitrogen and oxygen atoms in total. The summed E-state index contributed by atoms with van der Waals surface area (Å²) in [5.74, 6) is -0.969. The Balaban J connectivity index is 4.19. The van der Waals surface area contributed by atoms with Crippen LogP contribution in [0.2, 0.25) is 0 Å². The third-order valence-corrected chi connectivity index (χ3v) is 12.6. The fourth-order valence-corrected chi connectivity index (χ4v) is 8.34. The van der Waals surface area contributed by atoms with Crippen molar-refractivity contribution in [2.24, 2.45) is 0 Å². The van der Waals surface area contributed by atoms with E-state index in [1.165, 1.54) is 186 Å². The van der Waals surface area contributed by atoms with Gasteiger partial charge in [0.25, 0.3) is 0 Å². The summed E-state index contributed by atoms with van der Waals surface area (Å²) >= 11 is 0. The number of unbranched alkanes of at least 4 members (excludes halogenated alkanes) is 33. The van der Waals surface area contributed by atoms with E-state index in [-0.39, 0.29) is 37.5 Å². The lowest BCUT2D eigenvalue weighted by molar-refractivity contribution is -0.166. The molecule has 0 aliphatic heterocycles. The van der Waals surface area contributed by atoms with Gasteiger partial charge >= 0.3 is 17.9 Å². The summed E-state index contributed by atoms with van der Waals surface area (Å²) in [5.41, 5.74) is 0. The fraction of sp³-hybridized carbons (Fsp3) is 0.817. The first-order valence-corrected chi connectivity index (χ1v) is 28.6. The van der Waals surface area contributed by atoms with E-state index >= 15 is 0 Å². The van der Waals surface area contributed by atoms with Crippen LogP contribution in [0.1, 0.15) is 297 Å². The SMILES string of the molecule is CC/C=C\C/C=C\C/C=C\C/C=C\CCC(=O)OC(COC(=O)CCCCCCCCCCCC)COC(=O)CCCCCCCCCCCCCCCCCCCCCCCCCCC. The second-order valence-electron chi connectivity index (χ2n) is 19.2. The van der Waals surface area contributed by atoms with Gasteiger partial charge in [-0.25, -0.2) is 0 Å². The molecule has 0 heterocycles. The number of esters is 3. The highest BCUT2D eigenvalue weighted by Crippen LogP contribution is 2.17. The van der Waals surface area contributed by atoms with Gasteiger partial charge in [-0.1, -0.05) is 281 Å². The Bertz CT molecular complexity index is 1150. The number of allylic oxidation sites excluding steroid dienone is 8. The first kappa shape index (κ1) is 63.4. The standard InChI is InChI=1S/C60H108O6/c1-4-7-10-13-16-19-22-24-25-26-27-28-29-30-31-32-33-34-35-37-38-41-44-47-50-53-59(62)65-56-57(55-64-58(61)52-49-46-43-40-21-18-15-12-9-6-3)66-60(63)54-51-48-45-42-39-36-23-20-17-14-11-8-5-2/h8,11,17,20,36,39,45,48,57H,4-7,9-10,12-16,18-19,21-35,37-38,40-44,46-47,49-56H2,1-3H3/b11-8-,20-17-,39-36-,48-45-. The van der Waals surface area contributed by atoms with Crippen molar-refractivity contribution in [3.8, 4) is 0 Å². The first-order valence-electron chi connectivity index (χ1n) is 28.6. The molecule has 0 radical (unpaired) electrons. The monoisotopic (exact) mass is 925 g/mol. The summed E-state index contributed by atoms with van der Waals surface area (Å²) in [5, 5.41) is 0. The molecule has 0 aliphatic carbocycles. The van der Waals surface area contributed by atoms with Crippen molar-refractivity contribution in [2.45, 2.75) is 303 Å². The van der Waals surface area contributed by atoms with E-state index in [1.54, 1.807) is 0 Å². The van der Waals surface area contributed by atoms with Crippen LogP contribution in [0.15, 0.2) is 48.6 Å². The highest BCUT2D eigenvalue weighted by molar-refractivity contribution is 5.71. The van der Waals surface area contributed by atoms with E-state index < -0.39 is 6.10 Å². The zero-order valence-electron chi connectivity index (χ0n) is 44.0. The van der Waals surface area contributed by atoms with Gasteiger partial charge in [-0.3, -0.25) is 14.4 Å². The fourth-order valence-electron chi connectivity index (χ4n) is 8.34. The van der Waals surface area contributed by atoms with Gasteiger partial charge in [0.15, 0.2) is 6.10 Å². The Kier molecular flexibility index (Phi) is 52.8. The number of carbonyl (C=O) groups excluding carboxylic acids is 3. The zero-order valence-corrected chi connectivity index (χ0v) is 44.0. The van der Waals surface area contributed by atoms with Gasteiger partial charge in [0.05, 0.1) is 0 Å². The van der Waals surface area contributed by atoms with E-state index in [1.807, 2.05) is 6.08 Å². The summed E-state index contributed by atoms with van der Waals surface area (Å²) in [6, 6.07) is 0. The van der Waals surface area contributed by atoms with Crippen LogP contribution in [0, 0.1) is 0 Å². The molecule has 66 heavy (non-hydrogen) atoms. The molecule has 0 bridgehead atoms. The molecule has 0 aromatic carbocycles. The van der Waals surface area contributed by atoms with Crippen LogP contribution < -0.4 is 0 Å². The van der Waals surface area contributed by atoms with Crippen molar-refractivity contribution in [1.29, 1.82) is 0 Å². The van der Waals surface area contributed by atoms with Crippen molar-refractivity contribution >= 4 is 17.9 Å². The maximum absolute atomic E-state index is 12.7. The van der Waals surface area contributed by atoms with E-state index in [0.29, 0.717) is 19.3 Å². The maximum atomic E-state index is 12.7. The van der Waals surface area contributed by atoms with Gasteiger partial charge in [-0.15, -0.1) is 0 Å². The molecular weight excluding hydrogens is 817 g/mol. The average molecular weight is 926 g/mol. The average Bonchev–Trinajstić information content (AvgIpc) is 3.31. The molecular formula is C60H108O6. The van der Waals surface area contributed by atoms with Crippen LogP contribution in [0.4, 0.5) is 0 Å². The topological polar surface area (TPSA) is 78.9 Å². The molecule has 0 aliphatic rings. The summed E-state index contributed by atoms with van der Waals surface area (Å²) < 4.78 is 16.7. The third kappa shape index (κ3) is 52.3. The molecule has 0 saturated carbocycles. The summed E-state index contributed by atoms with van der Waals surface area (Å²) in [6.45, 7) is 6.48. The number of ether oxygens (including phenoxy) is 3. The summed E-state index contributed by atoms with van der Waals surface area (Å²) in [6.07, 6.45) is 67.2. The smallest absolute Gasteiger partial charge is 0.306 e. The highest BCUT2D eigenvalue weighted by atomic mass is 16.6. The second-order valence-corrected chi connectivity index (χ2v) is 19.2. The van der Waals surface area contributed by atoms with Crippen molar-refractivity contribution in [3.63, 3.8) is 0 Å². The lowest BCUT2D eigenvalue weighted by atomic mass is 10.0. The molecule has 384 valence electrons. The summed E-state index contributed by atoms with van der Waals surface area (Å²) in [7, 11) is 0. The predicted molar refractivity (Wildman–Crippen MR) is 284 cm³/mol. The quantitative estimate of drug-likeness (QED) is 0.0262. The van der Waals surface area contributed by atoms with Crippen molar-refractivity contribution in [2.75, 3.05) is 13.2 Å². The van der Waals surface area contributed by atoms with Crippen molar-refractivity contribution in [1.82, 2.24) is 0 Å². The van der Waals surface area contributed by atoms with E-state index in [4.69, 9.17) is 14.2 Å². The van der Waals surface area contributed by atoms with Crippen LogP contribution in [0.3, 0.4) is 0 Å².